The molecule has 0 aliphatic carbocycles. The van der Waals surface area contributed by atoms with Crippen LogP contribution in [0.15, 0.2) is 11.6 Å². The number of carboxylic acids is 1. The molecule has 0 heterocycles. The summed E-state index contributed by atoms with van der Waals surface area (Å²) in [4.78, 5) is 10.1. The molecule has 1 N–H and O–H groups in total. The van der Waals surface area contributed by atoms with Crippen molar-refractivity contribution in [1.82, 2.24) is 0 Å². The molecule has 0 radical (unpaired) electrons. The number of hydrogen-bond acceptors (Lipinski definition) is 1. The summed E-state index contributed by atoms with van der Waals surface area (Å²) in [6.45, 7) is 1.50. The Morgan fingerprint density at radius 2 is 2.00 bits per heavy atom. The van der Waals surface area contributed by atoms with Gasteiger partial charge in [0.2, 0.25) is 0 Å². The Bertz CT molecular complexity index is 206. The van der Waals surface area contributed by atoms with E-state index >= 15 is 0 Å². The summed E-state index contributed by atoms with van der Waals surface area (Å²) in [6.07, 6.45) is -3.97. The van der Waals surface area contributed by atoms with E-state index in [4.69, 9.17) is 5.11 Å². The third kappa shape index (κ3) is 8.91. The van der Waals surface area contributed by atoms with Gasteiger partial charge in [-0.3, -0.25) is 0 Å². The van der Waals surface area contributed by atoms with Crippen molar-refractivity contribution in [2.24, 2.45) is 0 Å². The Balaban J connectivity index is 3.72. The molecule has 0 saturated heterocycles. The molecule has 5 heteroatoms. The highest BCUT2D eigenvalue weighted by atomic mass is 19.4. The fraction of sp³-hybridized carbons (Fsp3) is 0.625. The van der Waals surface area contributed by atoms with Crippen molar-refractivity contribution < 1.29 is 23.1 Å². The summed E-state index contributed by atoms with van der Waals surface area (Å²) in [5.41, 5.74) is 0.455. The Morgan fingerprint density at radius 1 is 1.46 bits per heavy atom. The first-order chi connectivity index (χ1) is 5.81. The second-order valence-corrected chi connectivity index (χ2v) is 2.80. The summed E-state index contributed by atoms with van der Waals surface area (Å²) < 4.78 is 34.9. The molecule has 0 unspecified atom stereocenters. The highest BCUT2D eigenvalue weighted by Crippen LogP contribution is 2.23. The topological polar surface area (TPSA) is 37.3 Å². The van der Waals surface area contributed by atoms with Crippen LogP contribution in [0.4, 0.5) is 13.2 Å². The van der Waals surface area contributed by atoms with Gasteiger partial charge in [0.05, 0.1) is 0 Å². The van der Waals surface area contributed by atoms with Crippen LogP contribution in [-0.2, 0) is 4.79 Å². The van der Waals surface area contributed by atoms with Crippen LogP contribution in [0.3, 0.4) is 0 Å². The van der Waals surface area contributed by atoms with E-state index in [1.807, 2.05) is 0 Å². The smallest absolute Gasteiger partial charge is 0.389 e. The average Bonchev–Trinajstić information content (AvgIpc) is 1.81. The molecule has 0 bridgehead atoms. The summed E-state index contributed by atoms with van der Waals surface area (Å²) >= 11 is 0. The lowest BCUT2D eigenvalue weighted by atomic mass is 10.1. The molecule has 0 rings (SSSR count). The molecule has 0 fully saturated rings. The van der Waals surface area contributed by atoms with Crippen molar-refractivity contribution in [1.29, 1.82) is 0 Å². The van der Waals surface area contributed by atoms with E-state index in [0.29, 0.717) is 5.57 Å². The minimum absolute atomic E-state index is 0.0564. The highest BCUT2D eigenvalue weighted by molar-refractivity contribution is 5.80. The molecule has 0 aliphatic rings. The van der Waals surface area contributed by atoms with Crippen molar-refractivity contribution in [2.45, 2.75) is 32.4 Å². The number of halogens is 3. The molecular formula is C8H11F3O2. The molecule has 0 aromatic carbocycles. The Hall–Kier alpha value is -1.00. The third-order valence-electron chi connectivity index (χ3n) is 1.40. The second kappa shape index (κ2) is 4.89. The van der Waals surface area contributed by atoms with Crippen molar-refractivity contribution in [3.63, 3.8) is 0 Å². The first-order valence-electron chi connectivity index (χ1n) is 3.78. The molecule has 76 valence electrons. The quantitative estimate of drug-likeness (QED) is 0.702. The molecule has 0 aliphatic heterocycles. The SMILES string of the molecule is CC(=CC(=O)O)CCCC(F)(F)F. The van der Waals surface area contributed by atoms with Crippen LogP contribution in [-0.4, -0.2) is 17.3 Å². The van der Waals surface area contributed by atoms with E-state index in [0.717, 1.165) is 6.08 Å². The summed E-state index contributed by atoms with van der Waals surface area (Å²) in [6, 6.07) is 0. The van der Waals surface area contributed by atoms with Gasteiger partial charge in [0.15, 0.2) is 0 Å². The lowest BCUT2D eigenvalue weighted by molar-refractivity contribution is -0.135. The second-order valence-electron chi connectivity index (χ2n) is 2.80. The lowest BCUT2D eigenvalue weighted by Crippen LogP contribution is -2.06. The Kier molecular flexibility index (Phi) is 4.51. The van der Waals surface area contributed by atoms with Gasteiger partial charge in [-0.1, -0.05) is 5.57 Å². The monoisotopic (exact) mass is 196 g/mol. The number of carboxylic acid groups (broad SMARTS) is 1. The van der Waals surface area contributed by atoms with Crippen LogP contribution in [0.5, 0.6) is 0 Å². The van der Waals surface area contributed by atoms with Crippen LogP contribution in [0.2, 0.25) is 0 Å². The molecule has 0 aromatic rings. The van der Waals surface area contributed by atoms with Gasteiger partial charge < -0.3 is 5.11 Å². The van der Waals surface area contributed by atoms with Gasteiger partial charge in [-0.25, -0.2) is 4.79 Å². The fourth-order valence-corrected chi connectivity index (χ4v) is 0.851. The molecule has 0 atom stereocenters. The van der Waals surface area contributed by atoms with Gasteiger partial charge in [0.1, 0.15) is 0 Å². The van der Waals surface area contributed by atoms with Gasteiger partial charge >= 0.3 is 12.1 Å². The summed E-state index contributed by atoms with van der Waals surface area (Å²) in [5, 5.41) is 8.24. The predicted octanol–water partition coefficient (Wildman–Crippen LogP) is 2.75. The summed E-state index contributed by atoms with van der Waals surface area (Å²) in [7, 11) is 0. The number of aliphatic carboxylic acids is 1. The molecule has 13 heavy (non-hydrogen) atoms. The van der Waals surface area contributed by atoms with Gasteiger partial charge in [-0.2, -0.15) is 13.2 Å². The van der Waals surface area contributed by atoms with E-state index in [1.165, 1.54) is 6.92 Å². The molecule has 0 amide bonds. The van der Waals surface area contributed by atoms with E-state index in [-0.39, 0.29) is 12.8 Å². The molecule has 0 aromatic heterocycles. The minimum Gasteiger partial charge on any atom is -0.478 e. The maximum Gasteiger partial charge on any atom is 0.389 e. The van der Waals surface area contributed by atoms with Crippen molar-refractivity contribution in [3.8, 4) is 0 Å². The minimum atomic E-state index is -4.15. The fourth-order valence-electron chi connectivity index (χ4n) is 0.851. The number of hydrogen-bond donors (Lipinski definition) is 1. The Labute approximate surface area is 74.1 Å². The van der Waals surface area contributed by atoms with Crippen LogP contribution in [0.25, 0.3) is 0 Å². The van der Waals surface area contributed by atoms with Gasteiger partial charge in [-0.15, -0.1) is 0 Å². The van der Waals surface area contributed by atoms with E-state index in [9.17, 15) is 18.0 Å². The normalized spacial score (nSPS) is 13.1. The van der Waals surface area contributed by atoms with Crippen molar-refractivity contribution in [2.75, 3.05) is 0 Å². The zero-order valence-corrected chi connectivity index (χ0v) is 7.19. The lowest BCUT2D eigenvalue weighted by Gasteiger charge is -2.05. The molecule has 2 nitrogen and oxygen atoms in total. The number of carbonyl (C=O) groups is 1. The molecular weight excluding hydrogens is 185 g/mol. The van der Waals surface area contributed by atoms with E-state index in [1.54, 1.807) is 0 Å². The number of allylic oxidation sites excluding steroid dienone is 1. The van der Waals surface area contributed by atoms with Gasteiger partial charge in [0.25, 0.3) is 0 Å². The van der Waals surface area contributed by atoms with Crippen molar-refractivity contribution >= 4 is 5.97 Å². The van der Waals surface area contributed by atoms with Crippen molar-refractivity contribution in [3.05, 3.63) is 11.6 Å². The average molecular weight is 196 g/mol. The first kappa shape index (κ1) is 12.0. The van der Waals surface area contributed by atoms with E-state index in [2.05, 4.69) is 0 Å². The zero-order chi connectivity index (χ0) is 10.5. The van der Waals surface area contributed by atoms with Crippen LogP contribution in [0.1, 0.15) is 26.2 Å². The summed E-state index contributed by atoms with van der Waals surface area (Å²) in [5.74, 6) is -1.12. The largest absolute Gasteiger partial charge is 0.478 e. The van der Waals surface area contributed by atoms with E-state index < -0.39 is 18.6 Å². The zero-order valence-electron chi connectivity index (χ0n) is 7.19. The highest BCUT2D eigenvalue weighted by Gasteiger charge is 2.25. The van der Waals surface area contributed by atoms with Gasteiger partial charge in [-0.05, 0) is 19.8 Å². The number of alkyl halides is 3. The van der Waals surface area contributed by atoms with Gasteiger partial charge in [0, 0.05) is 12.5 Å². The maximum absolute atomic E-state index is 11.6. The molecule has 0 saturated carbocycles. The maximum atomic E-state index is 11.6. The third-order valence-corrected chi connectivity index (χ3v) is 1.40. The Morgan fingerprint density at radius 3 is 2.38 bits per heavy atom. The predicted molar refractivity (Wildman–Crippen MR) is 41.3 cm³/mol. The molecule has 0 spiro atoms. The van der Waals surface area contributed by atoms with Crippen LogP contribution in [0, 0.1) is 0 Å². The standard InChI is InChI=1S/C8H11F3O2/c1-6(5-7(12)13)3-2-4-8(9,10)11/h5H,2-4H2,1H3,(H,12,13). The first-order valence-corrected chi connectivity index (χ1v) is 3.78. The van der Waals surface area contributed by atoms with Crippen LogP contribution < -0.4 is 0 Å². The number of rotatable bonds is 4. The van der Waals surface area contributed by atoms with Crippen LogP contribution >= 0.6 is 0 Å².